The molecular formula is C13H15NO2. The second kappa shape index (κ2) is 4.41. The van der Waals surface area contributed by atoms with Crippen LogP contribution in [0, 0.1) is 40.9 Å². The van der Waals surface area contributed by atoms with Gasteiger partial charge < -0.3 is 4.74 Å². The van der Waals surface area contributed by atoms with E-state index in [2.05, 4.69) is 12.0 Å². The Morgan fingerprint density at radius 3 is 2.75 bits per heavy atom. The molecule has 1 aliphatic carbocycles. The fourth-order valence-corrected chi connectivity index (χ4v) is 1.95. The Kier molecular flexibility index (Phi) is 3.40. The predicted octanol–water partition coefficient (Wildman–Crippen LogP) is 1.90. The molecule has 0 radical (unpaired) electrons. The van der Waals surface area contributed by atoms with E-state index in [1.807, 2.05) is 19.9 Å². The number of allylic oxidation sites excluding steroid dienone is 2. The zero-order chi connectivity index (χ0) is 12.3. The number of ether oxygens (including phenoxy) is 1. The Labute approximate surface area is 96.1 Å². The zero-order valence-electron chi connectivity index (χ0n) is 9.78. The van der Waals surface area contributed by atoms with E-state index in [1.54, 1.807) is 6.92 Å². The van der Waals surface area contributed by atoms with Crippen LogP contribution in [0.2, 0.25) is 0 Å². The van der Waals surface area contributed by atoms with E-state index in [0.717, 1.165) is 0 Å². The van der Waals surface area contributed by atoms with Gasteiger partial charge in [-0.3, -0.25) is 4.79 Å². The summed E-state index contributed by atoms with van der Waals surface area (Å²) in [4.78, 5) is 11.6. The fourth-order valence-electron chi connectivity index (χ4n) is 1.95. The van der Waals surface area contributed by atoms with Crippen LogP contribution in [0.3, 0.4) is 0 Å². The first-order valence-electron chi connectivity index (χ1n) is 5.13. The van der Waals surface area contributed by atoms with Crippen molar-refractivity contribution in [2.45, 2.75) is 20.8 Å². The van der Waals surface area contributed by atoms with Crippen LogP contribution in [0.1, 0.15) is 20.8 Å². The number of carbonyl (C=O) groups excluding carboxylic acids is 1. The van der Waals surface area contributed by atoms with Gasteiger partial charge in [-0.25, -0.2) is 0 Å². The standard InChI is InChI=1S/C13H15NO2/c1-5-6-16-12(15)11-10(13(11,3)4)7-9(2)8-14/h1,7,10-11H,6H2,2-4H3/b9-7+. The monoisotopic (exact) mass is 217 g/mol. The molecule has 0 bridgehead atoms. The largest absolute Gasteiger partial charge is 0.452 e. The summed E-state index contributed by atoms with van der Waals surface area (Å²) in [5.74, 6) is 1.90. The molecule has 0 saturated heterocycles. The zero-order valence-corrected chi connectivity index (χ0v) is 9.78. The van der Waals surface area contributed by atoms with Crippen molar-refractivity contribution in [3.8, 4) is 18.4 Å². The molecule has 0 N–H and O–H groups in total. The van der Waals surface area contributed by atoms with Gasteiger partial charge in [0.15, 0.2) is 6.61 Å². The Morgan fingerprint density at radius 2 is 2.25 bits per heavy atom. The van der Waals surface area contributed by atoms with Crippen LogP contribution in [0.25, 0.3) is 0 Å². The lowest BCUT2D eigenvalue weighted by molar-refractivity contribution is -0.144. The molecule has 1 saturated carbocycles. The molecule has 0 aromatic heterocycles. The van der Waals surface area contributed by atoms with E-state index >= 15 is 0 Å². The molecular weight excluding hydrogens is 202 g/mol. The van der Waals surface area contributed by atoms with Gasteiger partial charge in [-0.2, -0.15) is 5.26 Å². The number of rotatable bonds is 3. The average molecular weight is 217 g/mol. The van der Waals surface area contributed by atoms with Gasteiger partial charge in [-0.15, -0.1) is 6.42 Å². The van der Waals surface area contributed by atoms with E-state index in [-0.39, 0.29) is 29.8 Å². The van der Waals surface area contributed by atoms with E-state index in [9.17, 15) is 4.79 Å². The number of hydrogen-bond acceptors (Lipinski definition) is 3. The number of nitrogens with zero attached hydrogens (tertiary/aromatic N) is 1. The maximum Gasteiger partial charge on any atom is 0.311 e. The van der Waals surface area contributed by atoms with Crippen LogP contribution >= 0.6 is 0 Å². The molecule has 2 unspecified atom stereocenters. The Hall–Kier alpha value is -1.74. The van der Waals surface area contributed by atoms with Crippen molar-refractivity contribution in [2.75, 3.05) is 6.61 Å². The third kappa shape index (κ3) is 2.25. The number of esters is 1. The second-order valence-corrected chi connectivity index (χ2v) is 4.60. The van der Waals surface area contributed by atoms with Crippen molar-refractivity contribution in [1.29, 1.82) is 5.26 Å². The smallest absolute Gasteiger partial charge is 0.311 e. The third-order valence-electron chi connectivity index (χ3n) is 3.07. The first-order chi connectivity index (χ1) is 7.45. The summed E-state index contributed by atoms with van der Waals surface area (Å²) in [6, 6.07) is 2.05. The minimum atomic E-state index is -0.269. The maximum atomic E-state index is 11.6. The lowest BCUT2D eigenvalue weighted by Crippen LogP contribution is -2.10. The topological polar surface area (TPSA) is 50.1 Å². The lowest BCUT2D eigenvalue weighted by Gasteiger charge is -2.01. The van der Waals surface area contributed by atoms with Crippen LogP contribution in [0.15, 0.2) is 11.6 Å². The molecule has 3 heteroatoms. The molecule has 0 amide bonds. The fraction of sp³-hybridized carbons (Fsp3) is 0.538. The van der Waals surface area contributed by atoms with Crippen LogP contribution in [-0.2, 0) is 9.53 Å². The Balaban J connectivity index is 2.69. The molecule has 3 nitrogen and oxygen atoms in total. The van der Waals surface area contributed by atoms with Crippen LogP contribution in [-0.4, -0.2) is 12.6 Å². The van der Waals surface area contributed by atoms with Crippen LogP contribution < -0.4 is 0 Å². The van der Waals surface area contributed by atoms with E-state index in [4.69, 9.17) is 16.4 Å². The molecule has 1 aliphatic rings. The van der Waals surface area contributed by atoms with Gasteiger partial charge in [0.05, 0.1) is 12.0 Å². The van der Waals surface area contributed by atoms with Gasteiger partial charge in [0.2, 0.25) is 0 Å². The molecule has 0 aliphatic heterocycles. The molecule has 1 rings (SSSR count). The first kappa shape index (κ1) is 12.3. The summed E-state index contributed by atoms with van der Waals surface area (Å²) in [7, 11) is 0. The third-order valence-corrected chi connectivity index (χ3v) is 3.07. The van der Waals surface area contributed by atoms with Crippen molar-refractivity contribution in [2.24, 2.45) is 17.3 Å². The summed E-state index contributed by atoms with van der Waals surface area (Å²) in [6.07, 6.45) is 6.85. The second-order valence-electron chi connectivity index (χ2n) is 4.60. The molecule has 2 atom stereocenters. The number of carbonyl (C=O) groups is 1. The van der Waals surface area contributed by atoms with Crippen molar-refractivity contribution < 1.29 is 9.53 Å². The summed E-state index contributed by atoms with van der Waals surface area (Å²) >= 11 is 0. The number of hydrogen-bond donors (Lipinski definition) is 0. The number of nitriles is 1. The highest BCUT2D eigenvalue weighted by molar-refractivity contribution is 5.78. The highest BCUT2D eigenvalue weighted by Gasteiger charge is 2.61. The van der Waals surface area contributed by atoms with Gasteiger partial charge in [0.1, 0.15) is 0 Å². The van der Waals surface area contributed by atoms with E-state index in [1.165, 1.54) is 0 Å². The highest BCUT2D eigenvalue weighted by atomic mass is 16.5. The van der Waals surface area contributed by atoms with Gasteiger partial charge in [-0.1, -0.05) is 25.8 Å². The van der Waals surface area contributed by atoms with Crippen molar-refractivity contribution in [1.82, 2.24) is 0 Å². The maximum absolute atomic E-state index is 11.6. The minimum Gasteiger partial charge on any atom is -0.452 e. The molecule has 1 fully saturated rings. The van der Waals surface area contributed by atoms with Gasteiger partial charge in [-0.05, 0) is 18.3 Å². The number of terminal acetylenes is 1. The summed E-state index contributed by atoms with van der Waals surface area (Å²) in [5, 5.41) is 8.69. The lowest BCUT2D eigenvalue weighted by atomic mass is 10.1. The van der Waals surface area contributed by atoms with Crippen molar-refractivity contribution in [3.63, 3.8) is 0 Å². The van der Waals surface area contributed by atoms with Gasteiger partial charge in [0.25, 0.3) is 0 Å². The van der Waals surface area contributed by atoms with Gasteiger partial charge >= 0.3 is 5.97 Å². The minimum absolute atomic E-state index is 0.0130. The summed E-state index contributed by atoms with van der Waals surface area (Å²) < 4.78 is 4.91. The Bertz CT molecular complexity index is 407. The molecule has 0 heterocycles. The molecule has 0 aromatic rings. The van der Waals surface area contributed by atoms with Crippen molar-refractivity contribution >= 4 is 5.97 Å². The van der Waals surface area contributed by atoms with Crippen LogP contribution in [0.4, 0.5) is 0 Å². The van der Waals surface area contributed by atoms with Crippen LogP contribution in [0.5, 0.6) is 0 Å². The Morgan fingerprint density at radius 1 is 1.62 bits per heavy atom. The molecule has 0 spiro atoms. The molecule has 0 aromatic carbocycles. The van der Waals surface area contributed by atoms with Gasteiger partial charge in [0, 0.05) is 5.57 Å². The first-order valence-corrected chi connectivity index (χ1v) is 5.13. The average Bonchev–Trinajstić information content (AvgIpc) is 2.77. The molecule has 84 valence electrons. The van der Waals surface area contributed by atoms with E-state index < -0.39 is 0 Å². The quantitative estimate of drug-likeness (QED) is 0.412. The SMILES string of the molecule is C#CCOC(=O)C1C(/C=C(\C)C#N)C1(C)C. The highest BCUT2D eigenvalue weighted by Crippen LogP contribution is 2.59. The normalized spacial score (nSPS) is 26.4. The van der Waals surface area contributed by atoms with E-state index in [0.29, 0.717) is 5.57 Å². The van der Waals surface area contributed by atoms with Crippen molar-refractivity contribution in [3.05, 3.63) is 11.6 Å². The summed E-state index contributed by atoms with van der Waals surface area (Å²) in [6.45, 7) is 5.72. The molecule has 16 heavy (non-hydrogen) atoms. The summed E-state index contributed by atoms with van der Waals surface area (Å²) in [5.41, 5.74) is 0.495. The predicted molar refractivity (Wildman–Crippen MR) is 59.9 cm³/mol.